The van der Waals surface area contributed by atoms with Crippen LogP contribution in [0.15, 0.2) is 30.4 Å². The standard InChI is InChI=1S/C12H11N3/c1-2-3-6-15-12-5-4-10(8-13)11(7-12)9-14/h2-5,7,15H,6H2,1H3/b3-2+. The highest BCUT2D eigenvalue weighted by Crippen LogP contribution is 2.14. The van der Waals surface area contributed by atoms with Gasteiger partial charge >= 0.3 is 0 Å². The van der Waals surface area contributed by atoms with E-state index < -0.39 is 0 Å². The van der Waals surface area contributed by atoms with Gasteiger partial charge in [-0.15, -0.1) is 0 Å². The molecular formula is C12H11N3. The summed E-state index contributed by atoms with van der Waals surface area (Å²) in [5.74, 6) is 0. The van der Waals surface area contributed by atoms with Gasteiger partial charge in [-0.3, -0.25) is 0 Å². The maximum Gasteiger partial charge on any atom is 0.101 e. The Morgan fingerprint density at radius 1 is 1.27 bits per heavy atom. The van der Waals surface area contributed by atoms with E-state index in [-0.39, 0.29) is 0 Å². The molecule has 0 saturated carbocycles. The van der Waals surface area contributed by atoms with E-state index in [1.165, 1.54) is 0 Å². The first kappa shape index (κ1) is 10.8. The fourth-order valence-corrected chi connectivity index (χ4v) is 1.14. The highest BCUT2D eigenvalue weighted by atomic mass is 14.8. The lowest BCUT2D eigenvalue weighted by atomic mass is 10.1. The van der Waals surface area contributed by atoms with E-state index >= 15 is 0 Å². The van der Waals surface area contributed by atoms with E-state index in [9.17, 15) is 0 Å². The molecule has 0 spiro atoms. The third-order valence-electron chi connectivity index (χ3n) is 1.92. The van der Waals surface area contributed by atoms with Crippen LogP contribution in [0.4, 0.5) is 5.69 Å². The van der Waals surface area contributed by atoms with Gasteiger partial charge in [-0.25, -0.2) is 0 Å². The Hall–Kier alpha value is -2.26. The number of rotatable bonds is 3. The second-order valence-electron chi connectivity index (χ2n) is 2.93. The van der Waals surface area contributed by atoms with Gasteiger partial charge in [0.25, 0.3) is 0 Å². The Bertz CT molecular complexity index is 447. The average Bonchev–Trinajstić information content (AvgIpc) is 2.29. The van der Waals surface area contributed by atoms with Crippen LogP contribution in [0.2, 0.25) is 0 Å². The highest BCUT2D eigenvalue weighted by Gasteiger charge is 2.01. The van der Waals surface area contributed by atoms with E-state index in [0.29, 0.717) is 17.7 Å². The van der Waals surface area contributed by atoms with Crippen molar-refractivity contribution >= 4 is 5.69 Å². The smallest absolute Gasteiger partial charge is 0.101 e. The molecule has 15 heavy (non-hydrogen) atoms. The van der Waals surface area contributed by atoms with E-state index in [1.807, 2.05) is 31.2 Å². The lowest BCUT2D eigenvalue weighted by Crippen LogP contribution is -1.98. The lowest BCUT2D eigenvalue weighted by Gasteiger charge is -2.03. The monoisotopic (exact) mass is 197 g/mol. The fraction of sp³-hybridized carbons (Fsp3) is 0.167. The summed E-state index contributed by atoms with van der Waals surface area (Å²) in [5, 5.41) is 20.6. The van der Waals surface area contributed by atoms with Gasteiger partial charge in [0.15, 0.2) is 0 Å². The number of nitrogens with zero attached hydrogens (tertiary/aromatic N) is 2. The number of hydrogen-bond acceptors (Lipinski definition) is 3. The number of benzene rings is 1. The maximum absolute atomic E-state index is 8.80. The summed E-state index contributed by atoms with van der Waals surface area (Å²) in [4.78, 5) is 0. The normalized spacial score (nSPS) is 9.53. The van der Waals surface area contributed by atoms with Crippen LogP contribution in [0.1, 0.15) is 18.1 Å². The first-order chi connectivity index (χ1) is 7.31. The van der Waals surface area contributed by atoms with Crippen LogP contribution in [0.25, 0.3) is 0 Å². The van der Waals surface area contributed by atoms with Crippen LogP contribution < -0.4 is 5.32 Å². The van der Waals surface area contributed by atoms with E-state index in [1.54, 1.807) is 18.2 Å². The van der Waals surface area contributed by atoms with Gasteiger partial charge in [-0.2, -0.15) is 10.5 Å². The molecule has 74 valence electrons. The summed E-state index contributed by atoms with van der Waals surface area (Å²) in [6, 6.07) is 9.10. The molecule has 3 nitrogen and oxygen atoms in total. The number of hydrogen-bond donors (Lipinski definition) is 1. The summed E-state index contributed by atoms with van der Waals surface area (Å²) in [6.07, 6.45) is 3.92. The van der Waals surface area contributed by atoms with E-state index in [4.69, 9.17) is 10.5 Å². The summed E-state index contributed by atoms with van der Waals surface area (Å²) in [5.41, 5.74) is 1.67. The van der Waals surface area contributed by atoms with Crippen LogP contribution in [0.5, 0.6) is 0 Å². The molecule has 0 aliphatic heterocycles. The van der Waals surface area contributed by atoms with Crippen molar-refractivity contribution in [3.05, 3.63) is 41.5 Å². The lowest BCUT2D eigenvalue weighted by molar-refractivity contribution is 1.32. The van der Waals surface area contributed by atoms with Gasteiger partial charge in [0, 0.05) is 12.2 Å². The molecule has 0 fully saturated rings. The average molecular weight is 197 g/mol. The molecule has 0 saturated heterocycles. The third kappa shape index (κ3) is 2.86. The minimum atomic E-state index is 0.406. The predicted octanol–water partition coefficient (Wildman–Crippen LogP) is 2.42. The van der Waals surface area contributed by atoms with Crippen LogP contribution >= 0.6 is 0 Å². The SMILES string of the molecule is C/C=C/CNc1ccc(C#N)c(C#N)c1. The van der Waals surface area contributed by atoms with Crippen molar-refractivity contribution in [3.63, 3.8) is 0 Å². The molecule has 0 aliphatic rings. The predicted molar refractivity (Wildman–Crippen MR) is 59.2 cm³/mol. The first-order valence-corrected chi connectivity index (χ1v) is 4.61. The Kier molecular flexibility index (Phi) is 3.94. The van der Waals surface area contributed by atoms with Crippen molar-refractivity contribution in [2.24, 2.45) is 0 Å². The van der Waals surface area contributed by atoms with Crippen molar-refractivity contribution < 1.29 is 0 Å². The Morgan fingerprint density at radius 3 is 2.60 bits per heavy atom. The molecule has 0 amide bonds. The van der Waals surface area contributed by atoms with Gasteiger partial charge in [-0.05, 0) is 25.1 Å². The van der Waals surface area contributed by atoms with Gasteiger partial charge in [0.05, 0.1) is 11.1 Å². The minimum absolute atomic E-state index is 0.406. The van der Waals surface area contributed by atoms with Gasteiger partial charge in [0.1, 0.15) is 12.1 Å². The van der Waals surface area contributed by atoms with Crippen LogP contribution in [-0.4, -0.2) is 6.54 Å². The van der Waals surface area contributed by atoms with Gasteiger partial charge in [0.2, 0.25) is 0 Å². The second kappa shape index (κ2) is 5.47. The van der Waals surface area contributed by atoms with Crippen molar-refractivity contribution in [3.8, 4) is 12.1 Å². The Labute approximate surface area is 89.3 Å². The van der Waals surface area contributed by atoms with Crippen LogP contribution in [0, 0.1) is 22.7 Å². The zero-order valence-corrected chi connectivity index (χ0v) is 8.49. The summed E-state index contributed by atoms with van der Waals surface area (Å²) in [7, 11) is 0. The first-order valence-electron chi connectivity index (χ1n) is 4.61. The molecule has 1 N–H and O–H groups in total. The van der Waals surface area contributed by atoms with Crippen LogP contribution in [-0.2, 0) is 0 Å². The van der Waals surface area contributed by atoms with Crippen LogP contribution in [0.3, 0.4) is 0 Å². The van der Waals surface area contributed by atoms with Crippen molar-refractivity contribution in [1.82, 2.24) is 0 Å². The van der Waals surface area contributed by atoms with Gasteiger partial charge in [-0.1, -0.05) is 12.2 Å². The van der Waals surface area contributed by atoms with Gasteiger partial charge < -0.3 is 5.32 Å². The molecule has 0 unspecified atom stereocenters. The minimum Gasteiger partial charge on any atom is -0.382 e. The third-order valence-corrected chi connectivity index (χ3v) is 1.92. The molecule has 1 aromatic carbocycles. The zero-order valence-electron chi connectivity index (χ0n) is 8.49. The largest absolute Gasteiger partial charge is 0.382 e. The molecule has 0 radical (unpaired) electrons. The molecule has 0 aliphatic carbocycles. The summed E-state index contributed by atoms with van der Waals surface area (Å²) < 4.78 is 0. The molecule has 0 atom stereocenters. The number of anilines is 1. The quantitative estimate of drug-likeness (QED) is 0.757. The Morgan fingerprint density at radius 2 is 2.00 bits per heavy atom. The fourth-order valence-electron chi connectivity index (χ4n) is 1.14. The number of nitrogens with one attached hydrogen (secondary N) is 1. The molecule has 1 rings (SSSR count). The van der Waals surface area contributed by atoms with Crippen molar-refractivity contribution in [2.75, 3.05) is 11.9 Å². The topological polar surface area (TPSA) is 59.6 Å². The second-order valence-corrected chi connectivity index (χ2v) is 2.93. The van der Waals surface area contributed by atoms with E-state index in [0.717, 1.165) is 5.69 Å². The molecule has 0 heterocycles. The molecule has 0 bridgehead atoms. The summed E-state index contributed by atoms with van der Waals surface area (Å²) >= 11 is 0. The highest BCUT2D eigenvalue weighted by molar-refractivity contribution is 5.56. The zero-order chi connectivity index (χ0) is 11.1. The Balaban J connectivity index is 2.86. The number of nitriles is 2. The molecule has 3 heteroatoms. The maximum atomic E-state index is 8.80. The van der Waals surface area contributed by atoms with E-state index in [2.05, 4.69) is 5.32 Å². The molecular weight excluding hydrogens is 186 g/mol. The van der Waals surface area contributed by atoms with Crippen molar-refractivity contribution in [2.45, 2.75) is 6.92 Å². The van der Waals surface area contributed by atoms with Crippen molar-refractivity contribution in [1.29, 1.82) is 10.5 Å². The summed E-state index contributed by atoms with van der Waals surface area (Å²) in [6.45, 7) is 2.66. The molecule has 1 aromatic rings. The number of allylic oxidation sites excluding steroid dienone is 1. The molecule has 0 aromatic heterocycles.